The highest BCUT2D eigenvalue weighted by Crippen LogP contribution is 2.16. The Bertz CT molecular complexity index is 430. The fraction of sp³-hybridized carbons (Fsp3) is 0.333. The molecular weight excluding hydrogens is 218 g/mol. The van der Waals surface area contributed by atoms with Crippen LogP contribution in [-0.2, 0) is 9.59 Å². The predicted octanol–water partition coefficient (Wildman–Crippen LogP) is 1.01. The second kappa shape index (κ2) is 6.00. The van der Waals surface area contributed by atoms with E-state index in [-0.39, 0.29) is 24.7 Å². The number of hydrogen-bond acceptors (Lipinski definition) is 3. The second-order valence-electron chi connectivity index (χ2n) is 3.93. The van der Waals surface area contributed by atoms with Gasteiger partial charge in [0, 0.05) is 18.5 Å². The fourth-order valence-electron chi connectivity index (χ4n) is 1.38. The largest absolute Gasteiger partial charge is 0.326 e. The number of nitrogens with one attached hydrogen (secondary N) is 2. The zero-order valence-electron chi connectivity index (χ0n) is 10.0. The first-order chi connectivity index (χ1) is 8.02. The van der Waals surface area contributed by atoms with Crippen LogP contribution in [0.1, 0.15) is 24.0 Å². The number of aryl methyl sites for hydroxylation is 2. The average Bonchev–Trinajstić information content (AvgIpc) is 2.30. The number of hydrogen-bond donors (Lipinski definition) is 3. The van der Waals surface area contributed by atoms with Crippen LogP contribution in [0.25, 0.3) is 0 Å². The first-order valence-corrected chi connectivity index (χ1v) is 5.39. The SMILES string of the molecule is Cc1ccc(C)c(NC(=O)CCC(=O)NN)c1. The number of carbonyl (C=O) groups excluding carboxylic acids is 2. The summed E-state index contributed by atoms with van der Waals surface area (Å²) >= 11 is 0. The van der Waals surface area contributed by atoms with Gasteiger partial charge in [0.1, 0.15) is 0 Å². The van der Waals surface area contributed by atoms with Crippen molar-refractivity contribution in [1.82, 2.24) is 5.43 Å². The summed E-state index contributed by atoms with van der Waals surface area (Å²) in [6, 6.07) is 5.82. The van der Waals surface area contributed by atoms with E-state index in [1.54, 1.807) is 0 Å². The molecule has 0 aromatic heterocycles. The minimum Gasteiger partial charge on any atom is -0.326 e. The van der Waals surface area contributed by atoms with Crippen LogP contribution in [0, 0.1) is 13.8 Å². The molecule has 1 aromatic rings. The molecule has 0 unspecified atom stereocenters. The van der Waals surface area contributed by atoms with E-state index < -0.39 is 0 Å². The van der Waals surface area contributed by atoms with Crippen LogP contribution in [0.5, 0.6) is 0 Å². The maximum absolute atomic E-state index is 11.6. The standard InChI is InChI=1S/C12H17N3O2/c1-8-3-4-9(2)10(7-8)14-11(16)5-6-12(17)15-13/h3-4,7H,5-6,13H2,1-2H3,(H,14,16)(H,15,17). The predicted molar refractivity (Wildman–Crippen MR) is 66.1 cm³/mol. The Balaban J connectivity index is 2.56. The van der Waals surface area contributed by atoms with Gasteiger partial charge >= 0.3 is 0 Å². The Hall–Kier alpha value is -1.88. The normalized spacial score (nSPS) is 9.82. The quantitative estimate of drug-likeness (QED) is 0.413. The third kappa shape index (κ3) is 4.24. The van der Waals surface area contributed by atoms with Crippen molar-refractivity contribution in [1.29, 1.82) is 0 Å². The maximum atomic E-state index is 11.6. The number of anilines is 1. The summed E-state index contributed by atoms with van der Waals surface area (Å²) < 4.78 is 0. The van der Waals surface area contributed by atoms with Crippen molar-refractivity contribution in [2.45, 2.75) is 26.7 Å². The van der Waals surface area contributed by atoms with Gasteiger partial charge in [-0.05, 0) is 31.0 Å². The number of hydrazine groups is 1. The first kappa shape index (κ1) is 13.2. The van der Waals surface area contributed by atoms with Gasteiger partial charge in [0.15, 0.2) is 0 Å². The van der Waals surface area contributed by atoms with Crippen LogP contribution in [0.4, 0.5) is 5.69 Å². The number of nitrogens with two attached hydrogens (primary N) is 1. The van der Waals surface area contributed by atoms with E-state index >= 15 is 0 Å². The summed E-state index contributed by atoms with van der Waals surface area (Å²) in [6.45, 7) is 3.87. The van der Waals surface area contributed by atoms with Crippen molar-refractivity contribution in [2.75, 3.05) is 5.32 Å². The zero-order valence-corrected chi connectivity index (χ0v) is 10.0. The highest BCUT2D eigenvalue weighted by atomic mass is 16.2. The Morgan fingerprint density at radius 1 is 1.18 bits per heavy atom. The Kier molecular flexibility index (Phi) is 4.66. The monoisotopic (exact) mass is 235 g/mol. The van der Waals surface area contributed by atoms with E-state index in [0.29, 0.717) is 0 Å². The molecule has 5 heteroatoms. The van der Waals surface area contributed by atoms with Gasteiger partial charge < -0.3 is 5.32 Å². The molecule has 17 heavy (non-hydrogen) atoms. The molecule has 2 amide bonds. The van der Waals surface area contributed by atoms with Crippen molar-refractivity contribution in [3.63, 3.8) is 0 Å². The lowest BCUT2D eigenvalue weighted by Gasteiger charge is -2.09. The van der Waals surface area contributed by atoms with Crippen LogP contribution in [0.3, 0.4) is 0 Å². The molecular formula is C12H17N3O2. The van der Waals surface area contributed by atoms with E-state index in [1.807, 2.05) is 37.5 Å². The summed E-state index contributed by atoms with van der Waals surface area (Å²) in [5.74, 6) is 4.39. The summed E-state index contributed by atoms with van der Waals surface area (Å²) in [7, 11) is 0. The fourth-order valence-corrected chi connectivity index (χ4v) is 1.38. The molecule has 0 bridgehead atoms. The van der Waals surface area contributed by atoms with Crippen molar-refractivity contribution in [2.24, 2.45) is 5.84 Å². The number of amides is 2. The van der Waals surface area contributed by atoms with Gasteiger partial charge in [-0.3, -0.25) is 15.0 Å². The topological polar surface area (TPSA) is 84.2 Å². The molecule has 0 atom stereocenters. The lowest BCUT2D eigenvalue weighted by atomic mass is 10.1. The van der Waals surface area contributed by atoms with Crippen LogP contribution < -0.4 is 16.6 Å². The Labute approximate surface area is 100 Å². The molecule has 92 valence electrons. The minimum absolute atomic E-state index is 0.0905. The summed E-state index contributed by atoms with van der Waals surface area (Å²) in [5.41, 5.74) is 4.83. The molecule has 0 aliphatic rings. The van der Waals surface area contributed by atoms with Crippen LogP contribution in [-0.4, -0.2) is 11.8 Å². The summed E-state index contributed by atoms with van der Waals surface area (Å²) in [4.78, 5) is 22.4. The lowest BCUT2D eigenvalue weighted by Crippen LogP contribution is -2.30. The molecule has 0 heterocycles. The molecule has 1 aromatic carbocycles. The van der Waals surface area contributed by atoms with E-state index in [1.165, 1.54) is 0 Å². The minimum atomic E-state index is -0.346. The molecule has 0 radical (unpaired) electrons. The molecule has 0 spiro atoms. The van der Waals surface area contributed by atoms with E-state index in [9.17, 15) is 9.59 Å². The number of benzene rings is 1. The molecule has 0 saturated carbocycles. The smallest absolute Gasteiger partial charge is 0.234 e. The summed E-state index contributed by atoms with van der Waals surface area (Å²) in [5, 5.41) is 2.77. The van der Waals surface area contributed by atoms with Crippen molar-refractivity contribution < 1.29 is 9.59 Å². The van der Waals surface area contributed by atoms with Gasteiger partial charge in [0.2, 0.25) is 11.8 Å². The van der Waals surface area contributed by atoms with Gasteiger partial charge in [-0.25, -0.2) is 5.84 Å². The van der Waals surface area contributed by atoms with E-state index in [4.69, 9.17) is 5.84 Å². The van der Waals surface area contributed by atoms with Crippen molar-refractivity contribution >= 4 is 17.5 Å². The highest BCUT2D eigenvalue weighted by Gasteiger charge is 2.07. The second-order valence-corrected chi connectivity index (χ2v) is 3.93. The summed E-state index contributed by atoms with van der Waals surface area (Å²) in [6.07, 6.45) is 0.212. The third-order valence-corrected chi connectivity index (χ3v) is 2.41. The first-order valence-electron chi connectivity index (χ1n) is 5.39. The van der Waals surface area contributed by atoms with Gasteiger partial charge in [0.05, 0.1) is 0 Å². The van der Waals surface area contributed by atoms with Gasteiger partial charge in [0.25, 0.3) is 0 Å². The molecule has 0 aliphatic carbocycles. The zero-order chi connectivity index (χ0) is 12.8. The maximum Gasteiger partial charge on any atom is 0.234 e. The molecule has 0 aliphatic heterocycles. The van der Waals surface area contributed by atoms with E-state index in [0.717, 1.165) is 16.8 Å². The molecule has 0 fully saturated rings. The molecule has 4 N–H and O–H groups in total. The average molecular weight is 235 g/mol. The van der Waals surface area contributed by atoms with Gasteiger partial charge in [-0.1, -0.05) is 12.1 Å². The number of rotatable bonds is 4. The van der Waals surface area contributed by atoms with Crippen LogP contribution in [0.15, 0.2) is 18.2 Å². The lowest BCUT2D eigenvalue weighted by molar-refractivity contribution is -0.124. The molecule has 5 nitrogen and oxygen atoms in total. The van der Waals surface area contributed by atoms with Crippen molar-refractivity contribution in [3.8, 4) is 0 Å². The Morgan fingerprint density at radius 2 is 1.82 bits per heavy atom. The van der Waals surface area contributed by atoms with Crippen LogP contribution in [0.2, 0.25) is 0 Å². The number of carbonyl (C=O) groups is 2. The van der Waals surface area contributed by atoms with Crippen molar-refractivity contribution in [3.05, 3.63) is 29.3 Å². The Morgan fingerprint density at radius 3 is 2.47 bits per heavy atom. The molecule has 1 rings (SSSR count). The van der Waals surface area contributed by atoms with Crippen LogP contribution >= 0.6 is 0 Å². The van der Waals surface area contributed by atoms with Gasteiger partial charge in [-0.2, -0.15) is 0 Å². The highest BCUT2D eigenvalue weighted by molar-refractivity contribution is 5.93. The van der Waals surface area contributed by atoms with Gasteiger partial charge in [-0.15, -0.1) is 0 Å². The van der Waals surface area contributed by atoms with E-state index in [2.05, 4.69) is 5.32 Å². The third-order valence-electron chi connectivity index (χ3n) is 2.41. The molecule has 0 saturated heterocycles.